The van der Waals surface area contributed by atoms with Gasteiger partial charge in [-0.25, -0.2) is 4.79 Å². The van der Waals surface area contributed by atoms with Gasteiger partial charge in [0.2, 0.25) is 0 Å². The Bertz CT molecular complexity index is 863. The maximum atomic E-state index is 12.2. The molecule has 21 heavy (non-hydrogen) atoms. The van der Waals surface area contributed by atoms with Crippen LogP contribution >= 0.6 is 0 Å². The van der Waals surface area contributed by atoms with E-state index in [0.717, 1.165) is 5.56 Å². The third kappa shape index (κ3) is 2.69. The van der Waals surface area contributed by atoms with E-state index in [1.165, 1.54) is 0 Å². The summed E-state index contributed by atoms with van der Waals surface area (Å²) in [7, 11) is 0. The molecule has 0 bridgehead atoms. The molecule has 104 valence electrons. The lowest BCUT2D eigenvalue weighted by molar-refractivity contribution is 0.0993. The molecule has 4 nitrogen and oxygen atoms in total. The van der Waals surface area contributed by atoms with Crippen LogP contribution in [-0.2, 0) is 0 Å². The summed E-state index contributed by atoms with van der Waals surface area (Å²) in [5.74, 6) is -0.444. The first-order chi connectivity index (χ1) is 10.1. The second-order valence-corrected chi connectivity index (χ2v) is 4.81. The van der Waals surface area contributed by atoms with Crippen molar-refractivity contribution in [3.05, 3.63) is 76.3 Å². The Hall–Kier alpha value is -2.88. The summed E-state index contributed by atoms with van der Waals surface area (Å²) in [6.07, 6.45) is 0. The number of hydrogen-bond acceptors (Lipinski definition) is 3. The summed E-state index contributed by atoms with van der Waals surface area (Å²) in [6, 6.07) is 16.0. The molecule has 0 spiro atoms. The molecule has 1 N–H and O–H groups in total. The van der Waals surface area contributed by atoms with Crippen molar-refractivity contribution >= 4 is 22.4 Å². The average Bonchev–Trinajstić information content (AvgIpc) is 2.49. The van der Waals surface area contributed by atoms with E-state index in [-0.39, 0.29) is 5.76 Å². The zero-order valence-corrected chi connectivity index (χ0v) is 11.4. The number of anilines is 1. The van der Waals surface area contributed by atoms with Crippen LogP contribution in [0.15, 0.2) is 63.8 Å². The molecule has 0 radical (unpaired) electrons. The number of amides is 1. The average molecular weight is 279 g/mol. The van der Waals surface area contributed by atoms with E-state index in [4.69, 9.17) is 4.42 Å². The van der Waals surface area contributed by atoms with E-state index in [1.54, 1.807) is 36.4 Å². The first-order valence-corrected chi connectivity index (χ1v) is 6.54. The minimum absolute atomic E-state index is 0.000671. The summed E-state index contributed by atoms with van der Waals surface area (Å²) in [5, 5.41) is 3.85. The van der Waals surface area contributed by atoms with Crippen LogP contribution in [0.5, 0.6) is 0 Å². The molecular formula is C17H13NO3. The summed E-state index contributed by atoms with van der Waals surface area (Å²) < 4.78 is 5.08. The molecule has 2 aromatic carbocycles. The van der Waals surface area contributed by atoms with Crippen molar-refractivity contribution in [2.24, 2.45) is 0 Å². The van der Waals surface area contributed by atoms with Crippen LogP contribution in [0.25, 0.3) is 10.8 Å². The van der Waals surface area contributed by atoms with Crippen LogP contribution in [-0.4, -0.2) is 5.91 Å². The standard InChI is InChI=1S/C17H13NO3/c1-11-6-8-13(9-7-11)18-16(19)15-10-12-4-2-3-5-14(12)17(20)21-15/h2-10H,1H3,(H,18,19). The highest BCUT2D eigenvalue weighted by Gasteiger charge is 2.12. The van der Waals surface area contributed by atoms with Crippen LogP contribution < -0.4 is 10.9 Å². The lowest BCUT2D eigenvalue weighted by Crippen LogP contribution is -2.14. The predicted octanol–water partition coefficient (Wildman–Crippen LogP) is 3.35. The molecule has 0 saturated carbocycles. The van der Waals surface area contributed by atoms with Crippen LogP contribution in [0.4, 0.5) is 5.69 Å². The Labute approximate surface area is 121 Å². The fourth-order valence-corrected chi connectivity index (χ4v) is 2.08. The highest BCUT2D eigenvalue weighted by molar-refractivity contribution is 6.03. The Morgan fingerprint density at radius 3 is 2.52 bits per heavy atom. The van der Waals surface area contributed by atoms with Crippen molar-refractivity contribution in [3.63, 3.8) is 0 Å². The normalized spacial score (nSPS) is 10.5. The largest absolute Gasteiger partial charge is 0.417 e. The van der Waals surface area contributed by atoms with Gasteiger partial charge in [-0.3, -0.25) is 4.79 Å². The molecule has 0 aliphatic carbocycles. The SMILES string of the molecule is Cc1ccc(NC(=O)c2cc3ccccc3c(=O)o2)cc1. The summed E-state index contributed by atoms with van der Waals surface area (Å²) >= 11 is 0. The van der Waals surface area contributed by atoms with Crippen molar-refractivity contribution in [2.45, 2.75) is 6.92 Å². The molecule has 4 heteroatoms. The number of carbonyl (C=O) groups excluding carboxylic acids is 1. The zero-order chi connectivity index (χ0) is 14.8. The molecule has 3 aromatic rings. The molecule has 0 fully saturated rings. The number of carbonyl (C=O) groups is 1. The third-order valence-corrected chi connectivity index (χ3v) is 3.20. The Morgan fingerprint density at radius 2 is 1.76 bits per heavy atom. The first kappa shape index (κ1) is 13.1. The predicted molar refractivity (Wildman–Crippen MR) is 81.6 cm³/mol. The minimum atomic E-state index is -0.512. The van der Waals surface area contributed by atoms with E-state index < -0.39 is 11.5 Å². The number of hydrogen-bond donors (Lipinski definition) is 1. The molecule has 0 atom stereocenters. The maximum Gasteiger partial charge on any atom is 0.344 e. The second kappa shape index (κ2) is 5.25. The summed E-state index contributed by atoms with van der Waals surface area (Å²) in [4.78, 5) is 24.0. The fourth-order valence-electron chi connectivity index (χ4n) is 2.08. The lowest BCUT2D eigenvalue weighted by Gasteiger charge is -2.05. The maximum absolute atomic E-state index is 12.2. The first-order valence-electron chi connectivity index (χ1n) is 6.54. The Balaban J connectivity index is 1.94. The highest BCUT2D eigenvalue weighted by Crippen LogP contribution is 2.14. The van der Waals surface area contributed by atoms with E-state index in [2.05, 4.69) is 5.32 Å². The summed E-state index contributed by atoms with van der Waals surface area (Å²) in [5.41, 5.74) is 1.24. The lowest BCUT2D eigenvalue weighted by atomic mass is 10.1. The van der Waals surface area contributed by atoms with E-state index in [9.17, 15) is 9.59 Å². The van der Waals surface area contributed by atoms with Gasteiger partial charge in [0.15, 0.2) is 5.76 Å². The Kier molecular flexibility index (Phi) is 3.28. The second-order valence-electron chi connectivity index (χ2n) is 4.81. The van der Waals surface area contributed by atoms with Crippen LogP contribution in [0.3, 0.4) is 0 Å². The number of rotatable bonds is 2. The monoisotopic (exact) mass is 279 g/mol. The van der Waals surface area contributed by atoms with Crippen molar-refractivity contribution < 1.29 is 9.21 Å². The van der Waals surface area contributed by atoms with Crippen molar-refractivity contribution in [3.8, 4) is 0 Å². The van der Waals surface area contributed by atoms with Gasteiger partial charge in [-0.15, -0.1) is 0 Å². The van der Waals surface area contributed by atoms with E-state index in [0.29, 0.717) is 16.5 Å². The number of nitrogens with one attached hydrogen (secondary N) is 1. The highest BCUT2D eigenvalue weighted by atomic mass is 16.4. The Morgan fingerprint density at radius 1 is 1.05 bits per heavy atom. The van der Waals surface area contributed by atoms with Gasteiger partial charge in [0.1, 0.15) is 0 Å². The smallest absolute Gasteiger partial charge is 0.344 e. The molecule has 0 aliphatic heterocycles. The van der Waals surface area contributed by atoms with Gasteiger partial charge in [-0.05, 0) is 36.6 Å². The van der Waals surface area contributed by atoms with Gasteiger partial charge in [-0.1, -0.05) is 35.9 Å². The minimum Gasteiger partial charge on any atom is -0.417 e. The quantitative estimate of drug-likeness (QED) is 0.782. The zero-order valence-electron chi connectivity index (χ0n) is 11.4. The number of aryl methyl sites for hydroxylation is 1. The third-order valence-electron chi connectivity index (χ3n) is 3.20. The molecule has 1 aromatic heterocycles. The van der Waals surface area contributed by atoms with E-state index >= 15 is 0 Å². The van der Waals surface area contributed by atoms with Crippen molar-refractivity contribution in [1.82, 2.24) is 0 Å². The van der Waals surface area contributed by atoms with Crippen molar-refractivity contribution in [2.75, 3.05) is 5.32 Å². The molecular weight excluding hydrogens is 266 g/mol. The number of benzene rings is 2. The fraction of sp³-hybridized carbons (Fsp3) is 0.0588. The molecule has 1 heterocycles. The van der Waals surface area contributed by atoms with Crippen molar-refractivity contribution in [1.29, 1.82) is 0 Å². The summed E-state index contributed by atoms with van der Waals surface area (Å²) in [6.45, 7) is 1.97. The van der Waals surface area contributed by atoms with E-state index in [1.807, 2.05) is 25.1 Å². The molecule has 3 rings (SSSR count). The van der Waals surface area contributed by atoms with Gasteiger partial charge >= 0.3 is 5.63 Å². The van der Waals surface area contributed by atoms with Gasteiger partial charge < -0.3 is 9.73 Å². The van der Waals surface area contributed by atoms with Crippen LogP contribution in [0.2, 0.25) is 0 Å². The topological polar surface area (TPSA) is 59.3 Å². The van der Waals surface area contributed by atoms with Gasteiger partial charge in [-0.2, -0.15) is 0 Å². The van der Waals surface area contributed by atoms with Gasteiger partial charge in [0, 0.05) is 5.69 Å². The van der Waals surface area contributed by atoms with Gasteiger partial charge in [0.05, 0.1) is 5.39 Å². The number of fused-ring (bicyclic) bond motifs is 1. The van der Waals surface area contributed by atoms with Crippen LogP contribution in [0, 0.1) is 6.92 Å². The molecule has 0 aliphatic rings. The van der Waals surface area contributed by atoms with Crippen LogP contribution in [0.1, 0.15) is 16.1 Å². The molecule has 0 unspecified atom stereocenters. The molecule has 0 saturated heterocycles. The van der Waals surface area contributed by atoms with Gasteiger partial charge in [0.25, 0.3) is 5.91 Å². The molecule has 1 amide bonds.